The SMILES string of the molecule is COC(=O)C(C(=O)OC)C1(C)CCCN1. The molecule has 1 heterocycles. The summed E-state index contributed by atoms with van der Waals surface area (Å²) in [5.74, 6) is -1.97. The van der Waals surface area contributed by atoms with Gasteiger partial charge in [0.1, 0.15) is 0 Å². The number of esters is 2. The average Bonchev–Trinajstić information content (AvgIpc) is 2.65. The maximum atomic E-state index is 11.5. The molecule has 0 aliphatic carbocycles. The van der Waals surface area contributed by atoms with Gasteiger partial charge in [0.25, 0.3) is 0 Å². The van der Waals surface area contributed by atoms with Crippen LogP contribution in [0.1, 0.15) is 19.8 Å². The van der Waals surface area contributed by atoms with Gasteiger partial charge in [-0.3, -0.25) is 9.59 Å². The molecule has 1 fully saturated rings. The van der Waals surface area contributed by atoms with Gasteiger partial charge in [-0.2, -0.15) is 0 Å². The molecular weight excluding hydrogens is 198 g/mol. The second kappa shape index (κ2) is 4.61. The molecule has 0 bridgehead atoms. The summed E-state index contributed by atoms with van der Waals surface area (Å²) in [4.78, 5) is 23.1. The zero-order valence-electron chi connectivity index (χ0n) is 9.33. The summed E-state index contributed by atoms with van der Waals surface area (Å²) < 4.78 is 9.27. The zero-order chi connectivity index (χ0) is 11.5. The minimum atomic E-state index is -0.880. The van der Waals surface area contributed by atoms with Crippen molar-refractivity contribution >= 4 is 11.9 Å². The largest absolute Gasteiger partial charge is 0.468 e. The number of rotatable bonds is 3. The van der Waals surface area contributed by atoms with Crippen LogP contribution in [0.2, 0.25) is 0 Å². The van der Waals surface area contributed by atoms with Crippen molar-refractivity contribution in [1.29, 1.82) is 0 Å². The third kappa shape index (κ3) is 2.28. The Bertz CT molecular complexity index is 242. The molecule has 1 unspecified atom stereocenters. The fraction of sp³-hybridized carbons (Fsp3) is 0.800. The number of hydrogen-bond acceptors (Lipinski definition) is 5. The summed E-state index contributed by atoms with van der Waals surface area (Å²) in [6, 6.07) is 0. The van der Waals surface area contributed by atoms with E-state index in [1.807, 2.05) is 6.92 Å². The fourth-order valence-corrected chi connectivity index (χ4v) is 2.02. The Morgan fingerprint density at radius 3 is 2.13 bits per heavy atom. The Balaban J connectivity index is 2.89. The van der Waals surface area contributed by atoms with Crippen molar-refractivity contribution in [2.75, 3.05) is 20.8 Å². The first-order chi connectivity index (χ1) is 7.05. The standard InChI is InChI=1S/C10H17NO4/c1-10(5-4-6-11-10)7(8(12)14-2)9(13)15-3/h7,11H,4-6H2,1-3H3. The summed E-state index contributed by atoms with van der Waals surface area (Å²) >= 11 is 0. The Morgan fingerprint density at radius 1 is 1.27 bits per heavy atom. The lowest BCUT2D eigenvalue weighted by molar-refractivity contribution is -0.162. The van der Waals surface area contributed by atoms with E-state index in [1.165, 1.54) is 14.2 Å². The average molecular weight is 215 g/mol. The van der Waals surface area contributed by atoms with Crippen LogP contribution >= 0.6 is 0 Å². The van der Waals surface area contributed by atoms with Crippen LogP contribution in [0.15, 0.2) is 0 Å². The van der Waals surface area contributed by atoms with E-state index in [2.05, 4.69) is 14.8 Å². The highest BCUT2D eigenvalue weighted by atomic mass is 16.5. The number of nitrogens with one attached hydrogen (secondary N) is 1. The van der Waals surface area contributed by atoms with Gasteiger partial charge in [-0.15, -0.1) is 0 Å². The van der Waals surface area contributed by atoms with E-state index in [1.54, 1.807) is 0 Å². The highest BCUT2D eigenvalue weighted by Crippen LogP contribution is 2.29. The molecule has 1 N–H and O–H groups in total. The number of hydrogen-bond donors (Lipinski definition) is 1. The normalized spacial score (nSPS) is 25.3. The highest BCUT2D eigenvalue weighted by Gasteiger charge is 2.47. The minimum Gasteiger partial charge on any atom is -0.468 e. The zero-order valence-corrected chi connectivity index (χ0v) is 9.33. The van der Waals surface area contributed by atoms with Gasteiger partial charge in [0.2, 0.25) is 0 Å². The molecule has 0 saturated carbocycles. The van der Waals surface area contributed by atoms with Gasteiger partial charge in [-0.05, 0) is 26.3 Å². The van der Waals surface area contributed by atoms with E-state index in [-0.39, 0.29) is 0 Å². The lowest BCUT2D eigenvalue weighted by Crippen LogP contribution is -2.51. The predicted octanol–water partition coefficient (Wildman–Crippen LogP) is 0.0907. The molecule has 1 aliphatic rings. The molecule has 15 heavy (non-hydrogen) atoms. The first-order valence-electron chi connectivity index (χ1n) is 4.96. The molecule has 0 aromatic heterocycles. The third-order valence-corrected chi connectivity index (χ3v) is 2.91. The summed E-state index contributed by atoms with van der Waals surface area (Å²) in [5.41, 5.74) is -0.541. The van der Waals surface area contributed by atoms with Gasteiger partial charge in [0.15, 0.2) is 5.92 Å². The minimum absolute atomic E-state index is 0.541. The van der Waals surface area contributed by atoms with Crippen LogP contribution in [0.5, 0.6) is 0 Å². The van der Waals surface area contributed by atoms with Crippen LogP contribution in [0.4, 0.5) is 0 Å². The summed E-state index contributed by atoms with van der Waals surface area (Å²) in [7, 11) is 2.55. The Kier molecular flexibility index (Phi) is 3.68. The molecule has 1 saturated heterocycles. The van der Waals surface area contributed by atoms with E-state index in [4.69, 9.17) is 0 Å². The van der Waals surface area contributed by atoms with Crippen molar-refractivity contribution in [2.24, 2.45) is 5.92 Å². The molecule has 5 heteroatoms. The molecule has 5 nitrogen and oxygen atoms in total. The van der Waals surface area contributed by atoms with E-state index >= 15 is 0 Å². The molecule has 0 spiro atoms. The first kappa shape index (κ1) is 12.0. The lowest BCUT2D eigenvalue weighted by Gasteiger charge is -2.30. The van der Waals surface area contributed by atoms with Gasteiger partial charge in [-0.1, -0.05) is 0 Å². The van der Waals surface area contributed by atoms with Gasteiger partial charge in [0, 0.05) is 5.54 Å². The van der Waals surface area contributed by atoms with Crippen molar-refractivity contribution < 1.29 is 19.1 Å². The molecule has 0 aromatic rings. The van der Waals surface area contributed by atoms with Crippen LogP contribution in [-0.2, 0) is 19.1 Å². The summed E-state index contributed by atoms with van der Waals surface area (Å²) in [6.07, 6.45) is 1.71. The van der Waals surface area contributed by atoms with Crippen LogP contribution in [0, 0.1) is 5.92 Å². The molecule has 0 aromatic carbocycles. The van der Waals surface area contributed by atoms with Gasteiger partial charge < -0.3 is 14.8 Å². The highest BCUT2D eigenvalue weighted by molar-refractivity contribution is 5.96. The van der Waals surface area contributed by atoms with Crippen LogP contribution in [0.25, 0.3) is 0 Å². The van der Waals surface area contributed by atoms with Gasteiger partial charge in [-0.25, -0.2) is 0 Å². The number of carbonyl (C=O) groups excluding carboxylic acids is 2. The van der Waals surface area contributed by atoms with E-state index < -0.39 is 23.4 Å². The van der Waals surface area contributed by atoms with Crippen LogP contribution in [-0.4, -0.2) is 38.2 Å². The van der Waals surface area contributed by atoms with Crippen LogP contribution < -0.4 is 5.32 Å². The summed E-state index contributed by atoms with van der Waals surface area (Å²) in [6.45, 7) is 2.65. The molecule has 0 amide bonds. The molecule has 0 radical (unpaired) electrons. The Morgan fingerprint density at radius 2 is 1.80 bits per heavy atom. The second-order valence-electron chi connectivity index (χ2n) is 3.93. The van der Waals surface area contributed by atoms with Crippen molar-refractivity contribution in [3.63, 3.8) is 0 Å². The molecule has 1 atom stereocenters. The van der Waals surface area contributed by atoms with E-state index in [0.717, 1.165) is 19.4 Å². The predicted molar refractivity (Wildman–Crippen MR) is 53.2 cm³/mol. The quantitative estimate of drug-likeness (QED) is 0.534. The molecule has 86 valence electrons. The number of carbonyl (C=O) groups is 2. The third-order valence-electron chi connectivity index (χ3n) is 2.91. The number of ether oxygens (including phenoxy) is 2. The smallest absolute Gasteiger partial charge is 0.321 e. The maximum Gasteiger partial charge on any atom is 0.321 e. The Labute approximate surface area is 89.1 Å². The lowest BCUT2D eigenvalue weighted by atomic mass is 9.84. The maximum absolute atomic E-state index is 11.5. The van der Waals surface area contributed by atoms with Crippen molar-refractivity contribution in [3.8, 4) is 0 Å². The van der Waals surface area contributed by atoms with Crippen molar-refractivity contribution in [1.82, 2.24) is 5.32 Å². The molecule has 1 aliphatic heterocycles. The molecular formula is C10H17NO4. The number of methoxy groups -OCH3 is 2. The molecule has 1 rings (SSSR count). The van der Waals surface area contributed by atoms with Gasteiger partial charge in [0.05, 0.1) is 14.2 Å². The van der Waals surface area contributed by atoms with E-state index in [0.29, 0.717) is 0 Å². The summed E-state index contributed by atoms with van der Waals surface area (Å²) in [5, 5.41) is 3.16. The second-order valence-corrected chi connectivity index (χ2v) is 3.93. The topological polar surface area (TPSA) is 64.6 Å². The van der Waals surface area contributed by atoms with Crippen molar-refractivity contribution in [2.45, 2.75) is 25.3 Å². The first-order valence-corrected chi connectivity index (χ1v) is 4.96. The Hall–Kier alpha value is -1.10. The van der Waals surface area contributed by atoms with Crippen molar-refractivity contribution in [3.05, 3.63) is 0 Å². The fourth-order valence-electron chi connectivity index (χ4n) is 2.02. The van der Waals surface area contributed by atoms with Crippen LogP contribution in [0.3, 0.4) is 0 Å². The van der Waals surface area contributed by atoms with Gasteiger partial charge >= 0.3 is 11.9 Å². The van der Waals surface area contributed by atoms with E-state index in [9.17, 15) is 9.59 Å². The monoisotopic (exact) mass is 215 g/mol.